The monoisotopic (exact) mass is 521 g/mol. The zero-order valence-corrected chi connectivity index (χ0v) is 21.1. The van der Waals surface area contributed by atoms with Crippen LogP contribution in [0.5, 0.6) is 0 Å². The Labute approximate surface area is 218 Å². The molecular weight excluding hydrogens is 497 g/mol. The molecule has 184 valence electrons. The predicted molar refractivity (Wildman–Crippen MR) is 142 cm³/mol. The first kappa shape index (κ1) is 24.3. The molecule has 1 aliphatic rings. The largest absolute Gasteiger partial charge is 0.366 e. The Hall–Kier alpha value is -3.36. The van der Waals surface area contributed by atoms with Gasteiger partial charge >= 0.3 is 0 Å². The van der Waals surface area contributed by atoms with Gasteiger partial charge in [0.15, 0.2) is 5.16 Å². The maximum atomic E-state index is 14.1. The summed E-state index contributed by atoms with van der Waals surface area (Å²) in [6.45, 7) is 2.29. The highest BCUT2D eigenvalue weighted by Gasteiger charge is 2.24. The molecule has 1 amide bonds. The minimum atomic E-state index is -0.237. The normalized spacial score (nSPS) is 13.7. The first-order valence-corrected chi connectivity index (χ1v) is 13.1. The predicted octanol–water partition coefficient (Wildman–Crippen LogP) is 5.09. The fourth-order valence-electron chi connectivity index (χ4n) is 4.28. The zero-order chi connectivity index (χ0) is 24.9. The van der Waals surface area contributed by atoms with Gasteiger partial charge in [-0.25, -0.2) is 4.39 Å². The number of hydrogen-bond acceptors (Lipinski definition) is 5. The number of carbonyl (C=O) groups excluding carboxylic acids is 1. The Balaban J connectivity index is 1.28. The fraction of sp³-hybridized carbons (Fsp3) is 0.222. The van der Waals surface area contributed by atoms with Gasteiger partial charge in [0.1, 0.15) is 11.6 Å². The van der Waals surface area contributed by atoms with Crippen molar-refractivity contribution in [3.63, 3.8) is 0 Å². The molecule has 0 spiro atoms. The van der Waals surface area contributed by atoms with Gasteiger partial charge in [0.2, 0.25) is 5.91 Å². The number of halogens is 2. The van der Waals surface area contributed by atoms with Crippen molar-refractivity contribution in [3.05, 3.63) is 101 Å². The van der Waals surface area contributed by atoms with Crippen molar-refractivity contribution in [3.8, 4) is 5.69 Å². The Morgan fingerprint density at radius 1 is 0.917 bits per heavy atom. The molecule has 1 aliphatic heterocycles. The topological polar surface area (TPSA) is 54.3 Å². The second kappa shape index (κ2) is 11.1. The summed E-state index contributed by atoms with van der Waals surface area (Å²) in [6.07, 6.45) is 0.604. The molecule has 0 radical (unpaired) electrons. The zero-order valence-electron chi connectivity index (χ0n) is 19.6. The molecule has 2 heterocycles. The number of thioether (sulfide) groups is 1. The molecule has 0 atom stereocenters. The number of nitrogens with zero attached hydrogens (tertiary/aromatic N) is 5. The van der Waals surface area contributed by atoms with E-state index in [1.165, 1.54) is 17.8 Å². The summed E-state index contributed by atoms with van der Waals surface area (Å²) in [4.78, 5) is 16.8. The molecule has 0 unspecified atom stereocenters. The van der Waals surface area contributed by atoms with Crippen LogP contribution in [-0.2, 0) is 11.2 Å². The molecule has 1 aromatic heterocycles. The number of benzene rings is 3. The molecular formula is C27H25ClFN5OS. The molecule has 1 saturated heterocycles. The van der Waals surface area contributed by atoms with Crippen molar-refractivity contribution in [1.29, 1.82) is 0 Å². The lowest BCUT2D eigenvalue weighted by molar-refractivity contribution is -0.128. The average molecular weight is 522 g/mol. The Bertz CT molecular complexity index is 1340. The van der Waals surface area contributed by atoms with Crippen LogP contribution in [-0.4, -0.2) is 57.5 Å². The lowest BCUT2D eigenvalue weighted by Gasteiger charge is -2.36. The van der Waals surface area contributed by atoms with Crippen LogP contribution < -0.4 is 4.90 Å². The van der Waals surface area contributed by atoms with Crippen molar-refractivity contribution in [2.24, 2.45) is 0 Å². The van der Waals surface area contributed by atoms with Crippen molar-refractivity contribution in [2.45, 2.75) is 11.6 Å². The lowest BCUT2D eigenvalue weighted by Crippen LogP contribution is -2.49. The molecule has 1 fully saturated rings. The van der Waals surface area contributed by atoms with Gasteiger partial charge in [0, 0.05) is 37.6 Å². The van der Waals surface area contributed by atoms with Gasteiger partial charge in [0.05, 0.1) is 17.1 Å². The third-order valence-corrected chi connectivity index (χ3v) is 7.27. The molecule has 5 rings (SSSR count). The molecule has 0 bridgehead atoms. The van der Waals surface area contributed by atoms with E-state index in [0.29, 0.717) is 48.5 Å². The van der Waals surface area contributed by atoms with E-state index in [1.807, 2.05) is 75.0 Å². The highest BCUT2D eigenvalue weighted by molar-refractivity contribution is 7.99. The van der Waals surface area contributed by atoms with Crippen molar-refractivity contribution < 1.29 is 9.18 Å². The van der Waals surface area contributed by atoms with E-state index in [4.69, 9.17) is 11.6 Å². The van der Waals surface area contributed by atoms with Crippen LogP contribution in [0.4, 0.5) is 10.1 Å². The van der Waals surface area contributed by atoms with Crippen molar-refractivity contribution in [1.82, 2.24) is 19.7 Å². The van der Waals surface area contributed by atoms with Crippen molar-refractivity contribution >= 4 is 35.0 Å². The molecule has 0 saturated carbocycles. The van der Waals surface area contributed by atoms with Gasteiger partial charge in [0.25, 0.3) is 0 Å². The van der Waals surface area contributed by atoms with E-state index in [0.717, 1.165) is 17.1 Å². The quantitative estimate of drug-likeness (QED) is 0.317. The van der Waals surface area contributed by atoms with Crippen molar-refractivity contribution in [2.75, 3.05) is 36.8 Å². The summed E-state index contributed by atoms with van der Waals surface area (Å²) in [5.41, 5.74) is 2.56. The summed E-state index contributed by atoms with van der Waals surface area (Å²) in [5.74, 6) is 0.804. The number of para-hydroxylation sites is 1. The van der Waals surface area contributed by atoms with Crippen LogP contribution >= 0.6 is 23.4 Å². The van der Waals surface area contributed by atoms with Crippen LogP contribution in [0.15, 0.2) is 84.0 Å². The van der Waals surface area contributed by atoms with Gasteiger partial charge in [-0.2, -0.15) is 0 Å². The molecule has 3 aromatic carbocycles. The second-order valence-electron chi connectivity index (χ2n) is 8.48. The van der Waals surface area contributed by atoms with E-state index in [1.54, 1.807) is 12.1 Å². The number of carbonyl (C=O) groups is 1. The van der Waals surface area contributed by atoms with E-state index < -0.39 is 0 Å². The standard InChI is InChI=1S/C27H25ClFN5OS/c28-21-9-6-10-22(18-21)34-25(17-20-7-2-1-3-8-20)30-31-27(34)36-19-26(35)33-15-13-32(14-16-33)24-12-5-4-11-23(24)29/h1-12,18H,13-17,19H2. The summed E-state index contributed by atoms with van der Waals surface area (Å²) in [5, 5.41) is 10.1. The van der Waals surface area contributed by atoms with Crippen LogP contribution in [0.1, 0.15) is 11.4 Å². The first-order valence-electron chi connectivity index (χ1n) is 11.7. The number of aromatic nitrogens is 3. The van der Waals surface area contributed by atoms with Gasteiger partial charge in [-0.3, -0.25) is 9.36 Å². The molecule has 0 N–H and O–H groups in total. The average Bonchev–Trinajstić information content (AvgIpc) is 3.30. The van der Waals surface area contributed by atoms with E-state index in [2.05, 4.69) is 10.2 Å². The van der Waals surface area contributed by atoms with Gasteiger partial charge in [-0.1, -0.05) is 71.9 Å². The van der Waals surface area contributed by atoms with Gasteiger partial charge < -0.3 is 9.80 Å². The highest BCUT2D eigenvalue weighted by Crippen LogP contribution is 2.26. The van der Waals surface area contributed by atoms with Crippen LogP contribution in [0.2, 0.25) is 5.02 Å². The summed E-state index contributed by atoms with van der Waals surface area (Å²) >= 11 is 7.63. The minimum absolute atomic E-state index is 0.0263. The Morgan fingerprint density at radius 2 is 1.67 bits per heavy atom. The van der Waals surface area contributed by atoms with Crippen LogP contribution in [0.3, 0.4) is 0 Å². The number of piperazine rings is 1. The van der Waals surface area contributed by atoms with Gasteiger partial charge in [-0.15, -0.1) is 10.2 Å². The lowest BCUT2D eigenvalue weighted by atomic mass is 10.1. The maximum Gasteiger partial charge on any atom is 0.233 e. The number of hydrogen-bond donors (Lipinski definition) is 0. The Kier molecular flexibility index (Phi) is 7.53. The molecule has 0 aliphatic carbocycles. The summed E-state index contributed by atoms with van der Waals surface area (Å²) < 4.78 is 16.1. The van der Waals surface area contributed by atoms with E-state index >= 15 is 0 Å². The minimum Gasteiger partial charge on any atom is -0.366 e. The van der Waals surface area contributed by atoms with Crippen LogP contribution in [0.25, 0.3) is 5.69 Å². The smallest absolute Gasteiger partial charge is 0.233 e. The second-order valence-corrected chi connectivity index (χ2v) is 9.86. The third-order valence-electron chi connectivity index (χ3n) is 6.12. The van der Waals surface area contributed by atoms with Crippen LogP contribution in [0, 0.1) is 5.82 Å². The molecule has 4 aromatic rings. The Morgan fingerprint density at radius 3 is 2.42 bits per heavy atom. The first-order chi connectivity index (χ1) is 17.6. The summed E-state index contributed by atoms with van der Waals surface area (Å²) in [7, 11) is 0. The van der Waals surface area contributed by atoms with Gasteiger partial charge in [-0.05, 0) is 35.9 Å². The SMILES string of the molecule is O=C(CSc1nnc(Cc2ccccc2)n1-c1cccc(Cl)c1)N1CCN(c2ccccc2F)CC1. The fourth-order valence-corrected chi connectivity index (χ4v) is 5.34. The molecule has 36 heavy (non-hydrogen) atoms. The van der Waals surface area contributed by atoms with E-state index in [9.17, 15) is 9.18 Å². The summed E-state index contributed by atoms with van der Waals surface area (Å²) in [6, 6.07) is 24.4. The maximum absolute atomic E-state index is 14.1. The number of amides is 1. The third kappa shape index (κ3) is 5.55. The highest BCUT2D eigenvalue weighted by atomic mass is 35.5. The molecule has 9 heteroatoms. The number of rotatable bonds is 7. The van der Waals surface area contributed by atoms with E-state index in [-0.39, 0.29) is 17.5 Å². The molecule has 6 nitrogen and oxygen atoms in total. The number of anilines is 1.